The first-order chi connectivity index (χ1) is 12.2. The summed E-state index contributed by atoms with van der Waals surface area (Å²) in [5.41, 5.74) is 2.77. The fourth-order valence-electron chi connectivity index (χ4n) is 4.09. The van der Waals surface area contributed by atoms with E-state index < -0.39 is 6.10 Å². The van der Waals surface area contributed by atoms with Crippen molar-refractivity contribution in [3.63, 3.8) is 0 Å². The molecule has 3 rings (SSSR count). The van der Waals surface area contributed by atoms with E-state index in [0.717, 1.165) is 51.9 Å². The monoisotopic (exact) mass is 345 g/mol. The van der Waals surface area contributed by atoms with E-state index in [-0.39, 0.29) is 11.9 Å². The minimum absolute atomic E-state index is 0.00554. The predicted octanol–water partition coefficient (Wildman–Crippen LogP) is 1.40. The van der Waals surface area contributed by atoms with E-state index in [4.69, 9.17) is 0 Å². The third-order valence-corrected chi connectivity index (χ3v) is 5.37. The average Bonchev–Trinajstić information content (AvgIpc) is 3.08. The van der Waals surface area contributed by atoms with Gasteiger partial charge in [-0.3, -0.25) is 14.6 Å². The normalized spacial score (nSPS) is 22.6. The number of nitrogens with one attached hydrogen (secondary N) is 1. The number of amides is 1. The second-order valence-electron chi connectivity index (χ2n) is 7.35. The fourth-order valence-corrected chi connectivity index (χ4v) is 4.09. The summed E-state index contributed by atoms with van der Waals surface area (Å²) < 4.78 is 0. The van der Waals surface area contributed by atoms with Crippen LogP contribution in [0.15, 0.2) is 24.3 Å². The molecule has 0 radical (unpaired) electrons. The van der Waals surface area contributed by atoms with Crippen LogP contribution in [0.25, 0.3) is 0 Å². The van der Waals surface area contributed by atoms with Crippen molar-refractivity contribution in [1.82, 2.24) is 15.1 Å². The Kier molecular flexibility index (Phi) is 6.45. The second kappa shape index (κ2) is 8.79. The molecule has 0 aliphatic carbocycles. The van der Waals surface area contributed by atoms with Crippen molar-refractivity contribution in [2.24, 2.45) is 0 Å². The molecule has 1 amide bonds. The second-order valence-corrected chi connectivity index (χ2v) is 7.35. The maximum atomic E-state index is 12.4. The number of aliphatic hydroxyl groups excluding tert-OH is 1. The first-order valence-corrected chi connectivity index (χ1v) is 9.66. The summed E-state index contributed by atoms with van der Waals surface area (Å²) in [4.78, 5) is 17.0. The molecule has 2 N–H and O–H groups in total. The van der Waals surface area contributed by atoms with Crippen LogP contribution in [0.3, 0.4) is 0 Å². The number of β-amino-alcohol motifs (C(OH)–C–C–N with tert-alkyl or cyclic N) is 1. The zero-order valence-electron chi connectivity index (χ0n) is 15.3. The highest BCUT2D eigenvalue weighted by atomic mass is 16.3. The van der Waals surface area contributed by atoms with Gasteiger partial charge in [0.25, 0.3) is 0 Å². The summed E-state index contributed by atoms with van der Waals surface area (Å²) in [6, 6.07) is 8.51. The third-order valence-electron chi connectivity index (χ3n) is 5.37. The van der Waals surface area contributed by atoms with Gasteiger partial charge < -0.3 is 10.4 Å². The van der Waals surface area contributed by atoms with E-state index in [9.17, 15) is 9.90 Å². The standard InChI is InChI=1S/C20H31N3O2/c1-2-10-23-11-5-8-19(23)20(25)21-13-18(24)15-22-12-9-16-6-3-4-7-17(16)14-22/h3-4,6-7,18-19,24H,2,5,8-15H2,1H3,(H,21,25). The maximum Gasteiger partial charge on any atom is 0.237 e. The Morgan fingerprint density at radius 1 is 1.32 bits per heavy atom. The van der Waals surface area contributed by atoms with E-state index in [0.29, 0.717) is 13.1 Å². The first-order valence-electron chi connectivity index (χ1n) is 9.66. The van der Waals surface area contributed by atoms with Gasteiger partial charge >= 0.3 is 0 Å². The Bertz CT molecular complexity index is 578. The summed E-state index contributed by atoms with van der Waals surface area (Å²) in [7, 11) is 0. The van der Waals surface area contributed by atoms with Gasteiger partial charge in [-0.15, -0.1) is 0 Å². The molecule has 0 bridgehead atoms. The quantitative estimate of drug-likeness (QED) is 0.784. The zero-order chi connectivity index (χ0) is 17.6. The lowest BCUT2D eigenvalue weighted by Gasteiger charge is -2.30. The molecule has 1 fully saturated rings. The van der Waals surface area contributed by atoms with Crippen LogP contribution in [0.5, 0.6) is 0 Å². The average molecular weight is 345 g/mol. The molecule has 2 aliphatic rings. The van der Waals surface area contributed by atoms with Gasteiger partial charge in [0.2, 0.25) is 5.91 Å². The van der Waals surface area contributed by atoms with E-state index in [2.05, 4.69) is 46.3 Å². The van der Waals surface area contributed by atoms with Crippen LogP contribution in [0.2, 0.25) is 0 Å². The number of fused-ring (bicyclic) bond motifs is 1. The number of benzene rings is 1. The number of hydrogen-bond acceptors (Lipinski definition) is 4. The number of carbonyl (C=O) groups excluding carboxylic acids is 1. The van der Waals surface area contributed by atoms with Gasteiger partial charge in [-0.25, -0.2) is 0 Å². The number of likely N-dealkylation sites (tertiary alicyclic amines) is 1. The molecule has 5 nitrogen and oxygen atoms in total. The molecule has 0 saturated carbocycles. The first kappa shape index (κ1) is 18.4. The molecule has 138 valence electrons. The van der Waals surface area contributed by atoms with Crippen molar-refractivity contribution in [3.05, 3.63) is 35.4 Å². The molecule has 2 aliphatic heterocycles. The Balaban J connectivity index is 1.42. The van der Waals surface area contributed by atoms with E-state index in [1.165, 1.54) is 11.1 Å². The lowest BCUT2D eigenvalue weighted by atomic mass is 10.00. The Hall–Kier alpha value is -1.43. The molecular weight excluding hydrogens is 314 g/mol. The fraction of sp³-hybridized carbons (Fsp3) is 0.650. The number of rotatable bonds is 7. The summed E-state index contributed by atoms with van der Waals surface area (Å²) in [6.45, 7) is 6.94. The predicted molar refractivity (Wildman–Crippen MR) is 99.3 cm³/mol. The van der Waals surface area contributed by atoms with Crippen LogP contribution in [-0.2, 0) is 17.8 Å². The molecular formula is C20H31N3O2. The van der Waals surface area contributed by atoms with Gasteiger partial charge in [0, 0.05) is 26.2 Å². The molecule has 2 atom stereocenters. The molecule has 1 saturated heterocycles. The van der Waals surface area contributed by atoms with Crippen molar-refractivity contribution in [1.29, 1.82) is 0 Å². The molecule has 0 spiro atoms. The van der Waals surface area contributed by atoms with Gasteiger partial charge in [0.15, 0.2) is 0 Å². The molecule has 1 aromatic carbocycles. The Morgan fingerprint density at radius 3 is 2.92 bits per heavy atom. The molecule has 25 heavy (non-hydrogen) atoms. The van der Waals surface area contributed by atoms with Crippen molar-refractivity contribution in [2.75, 3.05) is 32.7 Å². The van der Waals surface area contributed by atoms with Crippen molar-refractivity contribution in [3.8, 4) is 0 Å². The van der Waals surface area contributed by atoms with Crippen LogP contribution in [0.4, 0.5) is 0 Å². The van der Waals surface area contributed by atoms with Crippen LogP contribution < -0.4 is 5.32 Å². The Morgan fingerprint density at radius 2 is 2.12 bits per heavy atom. The largest absolute Gasteiger partial charge is 0.390 e. The lowest BCUT2D eigenvalue weighted by Crippen LogP contribution is -2.47. The highest BCUT2D eigenvalue weighted by molar-refractivity contribution is 5.82. The molecule has 1 aromatic rings. The van der Waals surface area contributed by atoms with Crippen molar-refractivity contribution < 1.29 is 9.90 Å². The van der Waals surface area contributed by atoms with Gasteiger partial charge in [-0.2, -0.15) is 0 Å². The van der Waals surface area contributed by atoms with E-state index in [1.54, 1.807) is 0 Å². The van der Waals surface area contributed by atoms with Gasteiger partial charge in [0.05, 0.1) is 12.1 Å². The van der Waals surface area contributed by atoms with Gasteiger partial charge in [-0.05, 0) is 49.9 Å². The molecule has 2 heterocycles. The Labute approximate surface area is 151 Å². The highest BCUT2D eigenvalue weighted by Gasteiger charge is 2.30. The summed E-state index contributed by atoms with van der Waals surface area (Å²) >= 11 is 0. The van der Waals surface area contributed by atoms with Crippen molar-refractivity contribution >= 4 is 5.91 Å². The third kappa shape index (κ3) is 4.81. The zero-order valence-corrected chi connectivity index (χ0v) is 15.3. The number of carbonyl (C=O) groups is 1. The van der Waals surface area contributed by atoms with Gasteiger partial charge in [0.1, 0.15) is 0 Å². The number of hydrogen-bond donors (Lipinski definition) is 2. The van der Waals surface area contributed by atoms with Crippen LogP contribution in [0.1, 0.15) is 37.3 Å². The smallest absolute Gasteiger partial charge is 0.237 e. The number of aliphatic hydroxyl groups is 1. The maximum absolute atomic E-state index is 12.4. The van der Waals surface area contributed by atoms with Gasteiger partial charge in [-0.1, -0.05) is 31.2 Å². The summed E-state index contributed by atoms with van der Waals surface area (Å²) in [5, 5.41) is 13.3. The van der Waals surface area contributed by atoms with Crippen molar-refractivity contribution in [2.45, 2.75) is 51.3 Å². The van der Waals surface area contributed by atoms with Crippen LogP contribution in [0, 0.1) is 0 Å². The van der Waals surface area contributed by atoms with Crippen LogP contribution >= 0.6 is 0 Å². The molecule has 2 unspecified atom stereocenters. The summed E-state index contributed by atoms with van der Waals surface area (Å²) in [6.07, 6.45) is 3.61. The lowest BCUT2D eigenvalue weighted by molar-refractivity contribution is -0.126. The SMILES string of the molecule is CCCN1CCCC1C(=O)NCC(O)CN1CCc2ccccc2C1. The molecule has 5 heteroatoms. The topological polar surface area (TPSA) is 55.8 Å². The minimum Gasteiger partial charge on any atom is -0.390 e. The van der Waals surface area contributed by atoms with Crippen LogP contribution in [-0.4, -0.2) is 65.7 Å². The van der Waals surface area contributed by atoms with E-state index in [1.807, 2.05) is 0 Å². The minimum atomic E-state index is -0.518. The van der Waals surface area contributed by atoms with E-state index >= 15 is 0 Å². The highest BCUT2D eigenvalue weighted by Crippen LogP contribution is 2.19. The summed E-state index contributed by atoms with van der Waals surface area (Å²) in [5.74, 6) is 0.0778. The molecule has 0 aromatic heterocycles. The number of nitrogens with zero attached hydrogens (tertiary/aromatic N) is 2.